The summed E-state index contributed by atoms with van der Waals surface area (Å²) in [5.74, 6) is 0. The van der Waals surface area contributed by atoms with E-state index in [1.807, 2.05) is 62.4 Å². The Bertz CT molecular complexity index is 577. The van der Waals surface area contributed by atoms with Gasteiger partial charge in [-0.05, 0) is 50.4 Å². The summed E-state index contributed by atoms with van der Waals surface area (Å²) in [5.41, 5.74) is 4.05. The lowest BCUT2D eigenvalue weighted by Gasteiger charge is -2.09. The third-order valence-corrected chi connectivity index (χ3v) is 3.33. The van der Waals surface area contributed by atoms with Crippen molar-refractivity contribution < 1.29 is 4.74 Å². The van der Waals surface area contributed by atoms with Gasteiger partial charge in [0, 0.05) is 11.1 Å². The predicted molar refractivity (Wildman–Crippen MR) is 86.8 cm³/mol. The Labute approximate surface area is 124 Å². The third-order valence-electron chi connectivity index (χ3n) is 2.69. The van der Waals surface area contributed by atoms with Gasteiger partial charge >= 0.3 is 0 Å². The van der Waals surface area contributed by atoms with E-state index in [-0.39, 0.29) is 0 Å². The molecular weight excluding hydrogens is 272 g/mol. The van der Waals surface area contributed by atoms with Crippen LogP contribution in [0.25, 0.3) is 0 Å². The Morgan fingerprint density at radius 3 is 1.58 bits per heavy atom. The summed E-state index contributed by atoms with van der Waals surface area (Å²) in [6.45, 7) is 4.04. The molecule has 0 atom stereocenters. The lowest BCUT2D eigenvalue weighted by molar-refractivity contribution is 0.578. The molecule has 0 saturated carbocycles. The summed E-state index contributed by atoms with van der Waals surface area (Å²) in [7, 11) is 0. The van der Waals surface area contributed by atoms with Crippen LogP contribution in [0, 0.1) is 13.8 Å². The van der Waals surface area contributed by atoms with Crippen LogP contribution in [0.3, 0.4) is 0 Å². The molecule has 0 amide bonds. The highest BCUT2D eigenvalue weighted by molar-refractivity contribution is 7.81. The fourth-order valence-electron chi connectivity index (χ4n) is 1.75. The molecule has 0 bridgehead atoms. The van der Waals surface area contributed by atoms with E-state index in [2.05, 4.69) is 0 Å². The molecule has 1 nitrogen and oxygen atoms in total. The van der Waals surface area contributed by atoms with Crippen molar-refractivity contribution in [3.63, 3.8) is 0 Å². The Kier molecular flexibility index (Phi) is 4.40. The zero-order valence-corrected chi connectivity index (χ0v) is 12.5. The van der Waals surface area contributed by atoms with Crippen LogP contribution < -0.4 is 0 Å². The van der Waals surface area contributed by atoms with E-state index in [1.54, 1.807) is 0 Å². The maximum Gasteiger partial charge on any atom is 0.199 e. The second-order valence-electron chi connectivity index (χ2n) is 4.42. The van der Waals surface area contributed by atoms with Gasteiger partial charge in [0.1, 0.15) is 0 Å². The largest absolute Gasteiger partial charge is 0.433 e. The molecule has 0 saturated heterocycles. The average Bonchev–Trinajstić information content (AvgIpc) is 2.38. The standard InChI is InChI=1S/C16H14OS2/c1-11-5-3-7-13(9-11)15(18)17-16(19)14-8-4-6-12(2)10-14/h3-10H,1-2H3. The van der Waals surface area contributed by atoms with Crippen molar-refractivity contribution in [1.29, 1.82) is 0 Å². The van der Waals surface area contributed by atoms with Gasteiger partial charge in [0.05, 0.1) is 0 Å². The molecule has 0 aliphatic heterocycles. The number of ether oxygens (including phenoxy) is 1. The Morgan fingerprint density at radius 2 is 1.21 bits per heavy atom. The van der Waals surface area contributed by atoms with Crippen molar-refractivity contribution in [1.82, 2.24) is 0 Å². The molecule has 2 aromatic rings. The lowest BCUT2D eigenvalue weighted by Crippen LogP contribution is -2.11. The van der Waals surface area contributed by atoms with E-state index in [9.17, 15) is 0 Å². The normalized spacial score (nSPS) is 10.0. The molecule has 2 aromatic carbocycles. The van der Waals surface area contributed by atoms with Crippen LogP contribution in [0.2, 0.25) is 0 Å². The van der Waals surface area contributed by atoms with Gasteiger partial charge in [0.15, 0.2) is 10.1 Å². The monoisotopic (exact) mass is 286 g/mol. The molecule has 0 aromatic heterocycles. The Hall–Kier alpha value is -1.58. The van der Waals surface area contributed by atoms with Crippen LogP contribution in [0.15, 0.2) is 48.5 Å². The summed E-state index contributed by atoms with van der Waals surface area (Å²) >= 11 is 10.6. The molecule has 19 heavy (non-hydrogen) atoms. The maximum atomic E-state index is 5.60. The fourth-order valence-corrected chi connectivity index (χ4v) is 2.22. The minimum absolute atomic E-state index is 0.412. The van der Waals surface area contributed by atoms with Crippen LogP contribution in [-0.2, 0) is 4.74 Å². The van der Waals surface area contributed by atoms with E-state index in [4.69, 9.17) is 29.2 Å². The molecule has 2 rings (SSSR count). The SMILES string of the molecule is Cc1cccc(C(=S)OC(=S)c2cccc(C)c2)c1. The first-order valence-electron chi connectivity index (χ1n) is 5.96. The van der Waals surface area contributed by atoms with E-state index in [1.165, 1.54) is 0 Å². The van der Waals surface area contributed by atoms with Gasteiger partial charge in [-0.25, -0.2) is 0 Å². The van der Waals surface area contributed by atoms with E-state index < -0.39 is 0 Å². The van der Waals surface area contributed by atoms with Crippen molar-refractivity contribution in [3.8, 4) is 0 Å². The number of thiocarbonyl (C=S) groups is 2. The zero-order chi connectivity index (χ0) is 13.8. The lowest BCUT2D eigenvalue weighted by atomic mass is 10.1. The predicted octanol–water partition coefficient (Wildman–Crippen LogP) is 4.37. The van der Waals surface area contributed by atoms with Crippen molar-refractivity contribution in [3.05, 3.63) is 70.8 Å². The molecule has 0 unspecified atom stereocenters. The highest BCUT2D eigenvalue weighted by Crippen LogP contribution is 2.11. The smallest absolute Gasteiger partial charge is 0.199 e. The van der Waals surface area contributed by atoms with Gasteiger partial charge in [0.2, 0.25) is 0 Å². The first-order chi connectivity index (χ1) is 9.06. The molecule has 0 radical (unpaired) electrons. The summed E-state index contributed by atoms with van der Waals surface area (Å²) in [4.78, 5) is 0. The second-order valence-corrected chi connectivity index (χ2v) is 5.16. The molecule has 0 fully saturated rings. The van der Waals surface area contributed by atoms with Gasteiger partial charge in [-0.15, -0.1) is 0 Å². The quantitative estimate of drug-likeness (QED) is 0.759. The van der Waals surface area contributed by atoms with Crippen LogP contribution in [0.4, 0.5) is 0 Å². The summed E-state index contributed by atoms with van der Waals surface area (Å²) in [5, 5.41) is 0.824. The van der Waals surface area contributed by atoms with E-state index >= 15 is 0 Å². The highest BCUT2D eigenvalue weighted by Gasteiger charge is 2.08. The average molecular weight is 286 g/mol. The minimum Gasteiger partial charge on any atom is -0.433 e. The molecule has 0 aliphatic carbocycles. The highest BCUT2D eigenvalue weighted by atomic mass is 32.1. The first kappa shape index (κ1) is 13.8. The third kappa shape index (κ3) is 3.69. The van der Waals surface area contributed by atoms with Crippen molar-refractivity contribution >= 4 is 34.5 Å². The van der Waals surface area contributed by atoms with Crippen molar-refractivity contribution in [2.45, 2.75) is 13.8 Å². The molecule has 3 heteroatoms. The van der Waals surface area contributed by atoms with Crippen LogP contribution in [-0.4, -0.2) is 10.1 Å². The van der Waals surface area contributed by atoms with Gasteiger partial charge in [0.25, 0.3) is 0 Å². The summed E-state index contributed by atoms with van der Waals surface area (Å²) in [6.07, 6.45) is 0. The topological polar surface area (TPSA) is 9.23 Å². The molecule has 0 aliphatic rings. The summed E-state index contributed by atoms with van der Waals surface area (Å²) < 4.78 is 5.60. The zero-order valence-electron chi connectivity index (χ0n) is 10.8. The second kappa shape index (κ2) is 6.04. The summed E-state index contributed by atoms with van der Waals surface area (Å²) in [6, 6.07) is 15.8. The van der Waals surface area contributed by atoms with Crippen molar-refractivity contribution in [2.75, 3.05) is 0 Å². The Balaban J connectivity index is 2.13. The van der Waals surface area contributed by atoms with Gasteiger partial charge in [-0.3, -0.25) is 0 Å². The molecular formula is C16H14OS2. The van der Waals surface area contributed by atoms with Gasteiger partial charge in [-0.1, -0.05) is 47.5 Å². The van der Waals surface area contributed by atoms with Crippen LogP contribution in [0.5, 0.6) is 0 Å². The number of benzene rings is 2. The maximum absolute atomic E-state index is 5.60. The van der Waals surface area contributed by atoms with Crippen LogP contribution >= 0.6 is 24.4 Å². The molecule has 0 heterocycles. The number of aryl methyl sites for hydroxylation is 2. The Morgan fingerprint density at radius 1 is 0.789 bits per heavy atom. The van der Waals surface area contributed by atoms with Crippen LogP contribution in [0.1, 0.15) is 22.3 Å². The van der Waals surface area contributed by atoms with E-state index in [0.29, 0.717) is 10.1 Å². The molecule has 0 spiro atoms. The minimum atomic E-state index is 0.412. The van der Waals surface area contributed by atoms with Crippen molar-refractivity contribution in [2.24, 2.45) is 0 Å². The number of hydrogen-bond donors (Lipinski definition) is 0. The molecule has 96 valence electrons. The number of hydrogen-bond acceptors (Lipinski definition) is 3. The fraction of sp³-hybridized carbons (Fsp3) is 0.125. The first-order valence-corrected chi connectivity index (χ1v) is 6.78. The molecule has 0 N–H and O–H groups in total. The number of rotatable bonds is 2. The van der Waals surface area contributed by atoms with Gasteiger partial charge in [-0.2, -0.15) is 0 Å². The van der Waals surface area contributed by atoms with Gasteiger partial charge < -0.3 is 4.74 Å². The van der Waals surface area contributed by atoms with E-state index in [0.717, 1.165) is 22.3 Å².